The number of hydrogen-bond acceptors (Lipinski definition) is 20. The standard InChI is InChI=1S/2C42H53F4N3O9S/c2*1-7-25-16-24(2)10-8-9-11-26-20-41(26,38(53)48-59(54,55)40(5)14-15-40)21-33(50)32-18-28(57-36-31-17-27(43)12-13-29(31)34(56-6)22-47-36)23-49(32)37(52)30(25)19-35(51)58-39(3,4)42(44,45)46/h2*9,11-13,17,22,24-26,28,30,32H,7-8,10,14-16,18-21,23H2,1-6H3,(H,48,53)/b2*11-9-/t24-,25+,26+,28+,30-,32-,41+;24-,25-,26-,28-,30+,32+,41-/m01/s1/i2*3D3,4D3. The maximum Gasteiger partial charge on any atom is 0.427 e. The molecule has 0 unspecified atom stereocenters. The molecule has 0 bridgehead atoms. The highest BCUT2D eigenvalue weighted by Crippen LogP contribution is 2.60. The Hall–Kier alpha value is -8.56. The zero-order chi connectivity index (χ0) is 96.6. The van der Waals surface area contributed by atoms with Crippen molar-refractivity contribution < 1.29 is 135 Å². The summed E-state index contributed by atoms with van der Waals surface area (Å²) in [6.07, 6.45) is -4.77. The van der Waals surface area contributed by atoms with E-state index in [0.29, 0.717) is 62.1 Å². The Morgan fingerprint density at radius 2 is 0.932 bits per heavy atom. The van der Waals surface area contributed by atoms with E-state index in [1.54, 1.807) is 38.2 Å². The van der Waals surface area contributed by atoms with Gasteiger partial charge in [-0.15, -0.1) is 0 Å². The van der Waals surface area contributed by atoms with Crippen molar-refractivity contribution in [2.24, 2.45) is 58.2 Å². The molecule has 0 spiro atoms. The van der Waals surface area contributed by atoms with Crippen molar-refractivity contribution in [2.45, 2.75) is 255 Å². The van der Waals surface area contributed by atoms with Gasteiger partial charge in [-0.25, -0.2) is 35.6 Å². The number of pyridine rings is 2. The van der Waals surface area contributed by atoms with Crippen LogP contribution in [0.3, 0.4) is 0 Å². The molecule has 648 valence electrons. The van der Waals surface area contributed by atoms with Gasteiger partial charge in [0.2, 0.25) is 66.6 Å². The quantitative estimate of drug-likeness (QED) is 0.0472. The van der Waals surface area contributed by atoms with Gasteiger partial charge >= 0.3 is 24.3 Å². The number of aromatic nitrogens is 2. The molecule has 2 N–H and O–H groups in total. The number of sulfonamides is 2. The molecular weight excluding hydrogens is 1600 g/mol. The average molecular weight is 1720 g/mol. The number of amides is 4. The molecule has 6 fully saturated rings. The Morgan fingerprint density at radius 1 is 0.568 bits per heavy atom. The number of esters is 2. The summed E-state index contributed by atoms with van der Waals surface area (Å²) < 4.78 is 296. The minimum atomic E-state index is -6.13. The molecule has 24 nitrogen and oxygen atoms in total. The van der Waals surface area contributed by atoms with Crippen molar-refractivity contribution >= 4 is 88.7 Å². The van der Waals surface area contributed by atoms with Crippen molar-refractivity contribution in [3.8, 4) is 23.3 Å². The summed E-state index contributed by atoms with van der Waals surface area (Å²) in [6.45, 7) is -8.61. The summed E-state index contributed by atoms with van der Waals surface area (Å²) in [5.41, 5.74) is -13.0. The molecule has 4 aromatic rings. The van der Waals surface area contributed by atoms with Gasteiger partial charge in [0.1, 0.15) is 35.3 Å². The molecule has 2 aromatic heterocycles. The Morgan fingerprint density at radius 3 is 1.25 bits per heavy atom. The van der Waals surface area contributed by atoms with E-state index in [-0.39, 0.29) is 97.2 Å². The van der Waals surface area contributed by atoms with E-state index in [1.165, 1.54) is 64.7 Å². The lowest BCUT2D eigenvalue weighted by Gasteiger charge is -2.34. The number of benzene rings is 2. The third-order valence-electron chi connectivity index (χ3n) is 24.9. The Labute approximate surface area is 698 Å². The van der Waals surface area contributed by atoms with Crippen molar-refractivity contribution in [3.05, 3.63) is 84.7 Å². The van der Waals surface area contributed by atoms with Crippen LogP contribution in [0, 0.1) is 69.8 Å². The SMILES string of the molecule is [2H]C([2H])([2H])C(OC(=O)C[C@@H]1C(=O)N2C[C@H](Oc3ncc(OC)c4ccc(F)cc34)C[C@H]2C(=O)C[C@]2(C(=O)NS(=O)(=O)C3(C)CC3)C[C@H]2/C=C\CC[C@@H](C)C[C@H]1CC)(C([2H])([2H])[2H])C(F)(F)F.[2H]C([2H])([2H])C(OC(=O)C[C@@H]1C(=O)N2C[C@H](Oc3ncc(OC)c4ccc(F)cc34)C[C@H]2C(=O)C[C@]2(C(=O)NS(=O)(=O)C3(C)CC3)C[C@H]2/C=C\CC[C@H](C)C[C@H]1CC)(C([2H])([2H])[2H])C(F)(F)F. The summed E-state index contributed by atoms with van der Waals surface area (Å²) in [7, 11) is -5.55. The van der Waals surface area contributed by atoms with Crippen molar-refractivity contribution in [2.75, 3.05) is 27.3 Å². The highest BCUT2D eigenvalue weighted by molar-refractivity contribution is 7.92. The van der Waals surface area contributed by atoms with Crippen LogP contribution in [0.1, 0.15) is 214 Å². The number of hydrogen-bond donors (Lipinski definition) is 2. The van der Waals surface area contributed by atoms with Gasteiger partial charge in [0.15, 0.2) is 11.6 Å². The summed E-state index contributed by atoms with van der Waals surface area (Å²) in [6, 6.07) is 4.62. The van der Waals surface area contributed by atoms with Gasteiger partial charge in [-0.1, -0.05) is 64.8 Å². The zero-order valence-corrected chi connectivity index (χ0v) is 68.0. The van der Waals surface area contributed by atoms with E-state index < -0.39 is 249 Å². The summed E-state index contributed by atoms with van der Waals surface area (Å²) in [4.78, 5) is 126. The topological polar surface area (TPSA) is 317 Å². The van der Waals surface area contributed by atoms with E-state index in [9.17, 15) is 80.7 Å². The van der Waals surface area contributed by atoms with E-state index in [2.05, 4.69) is 28.9 Å². The fourth-order valence-corrected chi connectivity index (χ4v) is 19.4. The molecule has 34 heteroatoms. The molecule has 4 aliphatic heterocycles. The minimum absolute atomic E-state index is 0.0943. The van der Waals surface area contributed by atoms with Crippen molar-refractivity contribution in [1.82, 2.24) is 29.2 Å². The first kappa shape index (κ1) is 74.5. The molecule has 118 heavy (non-hydrogen) atoms. The molecule has 14 atom stereocenters. The van der Waals surface area contributed by atoms with E-state index in [4.69, 9.17) is 35.4 Å². The van der Waals surface area contributed by atoms with Crippen LogP contribution in [0.25, 0.3) is 21.5 Å². The Kier molecular flexibility index (Phi) is 21.6. The number of halogens is 8. The van der Waals surface area contributed by atoms with Gasteiger partial charge < -0.3 is 38.2 Å². The van der Waals surface area contributed by atoms with Crippen molar-refractivity contribution in [1.29, 1.82) is 0 Å². The van der Waals surface area contributed by atoms with Gasteiger partial charge in [0, 0.05) is 52.9 Å². The first-order valence-corrected chi connectivity index (χ1v) is 42.3. The first-order chi connectivity index (χ1) is 60.1. The molecule has 4 aliphatic carbocycles. The molecule has 12 rings (SSSR count). The second kappa shape index (κ2) is 34.2. The van der Waals surface area contributed by atoms with Crippen LogP contribution in [0.4, 0.5) is 35.1 Å². The lowest BCUT2D eigenvalue weighted by molar-refractivity contribution is -0.257. The molecule has 0 radical (unpaired) electrons. The third kappa shape index (κ3) is 19.3. The van der Waals surface area contributed by atoms with Gasteiger partial charge in [0.25, 0.3) is 0 Å². The number of carbonyl (C=O) groups is 8. The van der Waals surface area contributed by atoms with Crippen LogP contribution in [0.2, 0.25) is 0 Å². The van der Waals surface area contributed by atoms with Crippen LogP contribution >= 0.6 is 0 Å². The first-order valence-electron chi connectivity index (χ1n) is 45.4. The second-order valence-corrected chi connectivity index (χ2v) is 37.9. The van der Waals surface area contributed by atoms with Crippen molar-refractivity contribution in [3.63, 3.8) is 0 Å². The van der Waals surface area contributed by atoms with Crippen LogP contribution in [-0.4, -0.2) is 168 Å². The number of allylic oxidation sites excluding steroid dienone is 4. The molecule has 2 aromatic carbocycles. The van der Waals surface area contributed by atoms with Gasteiger partial charge in [0.05, 0.1) is 108 Å². The number of alkyl halides is 6. The maximum absolute atomic E-state index is 15.1. The summed E-state index contributed by atoms with van der Waals surface area (Å²) in [5.74, 6) is -16.4. The number of rotatable bonds is 20. The molecule has 4 amide bonds. The Bertz CT molecular complexity index is 4940. The monoisotopic (exact) mass is 1710 g/mol. The lowest BCUT2D eigenvalue weighted by atomic mass is 9.79. The third-order valence-corrected chi connectivity index (χ3v) is 29.2. The smallest absolute Gasteiger partial charge is 0.427 e. The summed E-state index contributed by atoms with van der Waals surface area (Å²) in [5, 5.41) is 1.13. The molecule has 4 saturated carbocycles. The molecular formula is C84H106F8N6O18S2. The molecule has 6 heterocycles. The fourth-order valence-electron chi connectivity index (χ4n) is 16.7. The number of carbonyl (C=O) groups excluding carboxylic acids is 8. The predicted molar refractivity (Wildman–Crippen MR) is 416 cm³/mol. The van der Waals surface area contributed by atoms with E-state index in [0.717, 1.165) is 21.9 Å². The highest BCUT2D eigenvalue weighted by Gasteiger charge is 2.65. The maximum atomic E-state index is 15.1. The molecule has 8 aliphatic rings. The number of fused-ring (bicyclic) bond motifs is 6. The minimum Gasteiger partial charge on any atom is -0.494 e. The van der Waals surface area contributed by atoms with Crippen LogP contribution < -0.4 is 28.4 Å². The fraction of sp³-hybridized carbons (Fsp3) is 0.643. The van der Waals surface area contributed by atoms with Gasteiger partial charge in [-0.05, 0) is 190 Å². The normalized spacial score (nSPS) is 31.3. The predicted octanol–water partition coefficient (Wildman–Crippen LogP) is 14.0. The lowest BCUT2D eigenvalue weighted by Crippen LogP contribution is -2.49. The van der Waals surface area contributed by atoms with Gasteiger partial charge in [-0.3, -0.25) is 47.8 Å². The van der Waals surface area contributed by atoms with Crippen LogP contribution in [0.15, 0.2) is 73.1 Å². The van der Waals surface area contributed by atoms with E-state index >= 15 is 9.59 Å². The van der Waals surface area contributed by atoms with E-state index in [1.807, 2.05) is 13.8 Å². The Balaban J connectivity index is 0.000000251. The van der Waals surface area contributed by atoms with Gasteiger partial charge in [-0.2, -0.15) is 26.3 Å². The van der Waals surface area contributed by atoms with Crippen LogP contribution in [0.5, 0.6) is 23.3 Å². The summed E-state index contributed by atoms with van der Waals surface area (Å²) >= 11 is 0. The largest absolute Gasteiger partial charge is 0.494 e. The number of methoxy groups -OCH3 is 2. The number of ether oxygens (including phenoxy) is 6. The van der Waals surface area contributed by atoms with Crippen LogP contribution in [-0.2, 0) is 67.9 Å². The second-order valence-electron chi connectivity index (χ2n) is 33.6. The zero-order valence-electron chi connectivity index (χ0n) is 78.4. The number of nitrogens with zero attached hydrogens (tertiary/aromatic N) is 4. The molecule has 2 saturated heterocycles. The number of ketones is 2. The number of Topliss-reactive ketones (excluding diaryl/α,β-unsaturated/α-hetero) is 2. The average Bonchev–Trinajstić information content (AvgIpc) is 1.45. The highest BCUT2D eigenvalue weighted by atomic mass is 32.2. The number of nitrogens with one attached hydrogen (secondary N) is 2.